The minimum atomic E-state index is -4.55. The first-order valence-corrected chi connectivity index (χ1v) is 10.6. The van der Waals surface area contributed by atoms with Crippen molar-refractivity contribution in [2.24, 2.45) is 0 Å². The Morgan fingerprint density at radius 3 is 2.88 bits per heavy atom. The van der Waals surface area contributed by atoms with Crippen molar-refractivity contribution in [3.63, 3.8) is 0 Å². The first-order chi connectivity index (χ1) is 15.3. The zero-order chi connectivity index (χ0) is 22.5. The smallest absolute Gasteiger partial charge is 0.361 e. The molecule has 166 valence electrons. The highest BCUT2D eigenvalue weighted by molar-refractivity contribution is 5.88. The van der Waals surface area contributed by atoms with E-state index in [1.807, 2.05) is 30.5 Å². The van der Waals surface area contributed by atoms with Gasteiger partial charge in [0.05, 0.1) is 12.1 Å². The summed E-state index contributed by atoms with van der Waals surface area (Å²) >= 11 is 0. The number of carbonyl (C=O) groups is 1. The summed E-state index contributed by atoms with van der Waals surface area (Å²) in [5.74, 6) is -0.284. The molecular formula is C23H22F3N5O. The summed E-state index contributed by atoms with van der Waals surface area (Å²) in [6.45, 7) is 2.59. The number of nitrogens with zero attached hydrogens (tertiary/aromatic N) is 4. The lowest BCUT2D eigenvalue weighted by Gasteiger charge is -2.33. The summed E-state index contributed by atoms with van der Waals surface area (Å²) in [5.41, 5.74) is 2.05. The molecule has 1 aromatic carbocycles. The number of fused-ring (bicyclic) bond motifs is 2. The number of nitrogens with one attached hydrogen (secondary N) is 1. The third-order valence-corrected chi connectivity index (χ3v) is 6.07. The van der Waals surface area contributed by atoms with Crippen LogP contribution in [0.25, 0.3) is 16.6 Å². The second-order valence-corrected chi connectivity index (χ2v) is 8.33. The van der Waals surface area contributed by atoms with E-state index in [-0.39, 0.29) is 23.9 Å². The maximum Gasteiger partial charge on any atom is 0.433 e. The molecule has 1 saturated heterocycles. The normalized spacial score (nSPS) is 17.4. The fourth-order valence-electron chi connectivity index (χ4n) is 4.52. The van der Waals surface area contributed by atoms with Crippen molar-refractivity contribution in [2.45, 2.75) is 38.3 Å². The largest absolute Gasteiger partial charge is 0.433 e. The van der Waals surface area contributed by atoms with E-state index >= 15 is 0 Å². The number of hydrogen-bond donors (Lipinski definition) is 1. The average molecular weight is 441 g/mol. The molecule has 0 radical (unpaired) electrons. The molecule has 1 aliphatic heterocycles. The molecule has 1 amide bonds. The van der Waals surface area contributed by atoms with Gasteiger partial charge in [0.1, 0.15) is 5.69 Å². The minimum absolute atomic E-state index is 0.0308. The van der Waals surface area contributed by atoms with Crippen molar-refractivity contribution in [1.29, 1.82) is 0 Å². The van der Waals surface area contributed by atoms with Crippen molar-refractivity contribution in [3.8, 4) is 0 Å². The van der Waals surface area contributed by atoms with Crippen LogP contribution in [0.1, 0.15) is 41.4 Å². The fraction of sp³-hybridized carbons (Fsp3) is 0.348. The molecule has 4 heterocycles. The lowest BCUT2D eigenvalue weighted by molar-refractivity contribution is -0.142. The highest BCUT2D eigenvalue weighted by Gasteiger charge is 2.36. The van der Waals surface area contributed by atoms with Gasteiger partial charge >= 0.3 is 6.18 Å². The molecule has 1 atom stereocenters. The molecule has 1 aliphatic rings. The van der Waals surface area contributed by atoms with E-state index in [2.05, 4.69) is 15.1 Å². The highest BCUT2D eigenvalue weighted by Crippen LogP contribution is 2.34. The number of aryl methyl sites for hydroxylation is 1. The van der Waals surface area contributed by atoms with E-state index in [4.69, 9.17) is 0 Å². The highest BCUT2D eigenvalue weighted by atomic mass is 19.4. The van der Waals surface area contributed by atoms with Crippen molar-refractivity contribution < 1.29 is 18.0 Å². The molecule has 3 aromatic heterocycles. The number of carbonyl (C=O) groups excluding carboxylic acids is 1. The Hall–Kier alpha value is -3.36. The molecule has 0 aliphatic carbocycles. The maximum absolute atomic E-state index is 13.7. The van der Waals surface area contributed by atoms with Crippen LogP contribution in [-0.4, -0.2) is 43.5 Å². The SMILES string of the molecule is Cc1cc2nc([C@H]3CCCN(C(=O)Cc4c[nH]c5ccccc45)C3)cc(C(F)(F)F)n2n1. The van der Waals surface area contributed by atoms with Crippen molar-refractivity contribution in [3.05, 3.63) is 65.2 Å². The number of amides is 1. The molecule has 5 rings (SSSR count). The lowest BCUT2D eigenvalue weighted by Crippen LogP contribution is -2.40. The summed E-state index contributed by atoms with van der Waals surface area (Å²) in [4.78, 5) is 22.4. The van der Waals surface area contributed by atoms with E-state index in [1.165, 1.54) is 0 Å². The number of hydrogen-bond acceptors (Lipinski definition) is 3. The van der Waals surface area contributed by atoms with Gasteiger partial charge in [-0.25, -0.2) is 9.50 Å². The van der Waals surface area contributed by atoms with E-state index < -0.39 is 11.9 Å². The van der Waals surface area contributed by atoms with Crippen LogP contribution in [0.5, 0.6) is 0 Å². The molecular weight excluding hydrogens is 419 g/mol. The maximum atomic E-state index is 13.7. The molecule has 1 N–H and O–H groups in total. The first-order valence-electron chi connectivity index (χ1n) is 10.6. The Morgan fingerprint density at radius 2 is 2.06 bits per heavy atom. The third kappa shape index (κ3) is 3.72. The van der Waals surface area contributed by atoms with Crippen LogP contribution in [0, 0.1) is 6.92 Å². The van der Waals surface area contributed by atoms with Crippen molar-refractivity contribution in [1.82, 2.24) is 24.5 Å². The van der Waals surface area contributed by atoms with Gasteiger partial charge < -0.3 is 9.88 Å². The number of alkyl halides is 3. The molecule has 32 heavy (non-hydrogen) atoms. The molecule has 1 fully saturated rings. The quantitative estimate of drug-likeness (QED) is 0.510. The second-order valence-electron chi connectivity index (χ2n) is 8.33. The average Bonchev–Trinajstić information content (AvgIpc) is 3.35. The van der Waals surface area contributed by atoms with Crippen LogP contribution in [0.4, 0.5) is 13.2 Å². The van der Waals surface area contributed by atoms with Crippen molar-refractivity contribution in [2.75, 3.05) is 13.1 Å². The van der Waals surface area contributed by atoms with E-state index in [0.717, 1.165) is 33.5 Å². The number of benzene rings is 1. The number of aromatic nitrogens is 4. The zero-order valence-electron chi connectivity index (χ0n) is 17.5. The number of halogens is 3. The Morgan fingerprint density at radius 1 is 1.25 bits per heavy atom. The minimum Gasteiger partial charge on any atom is -0.361 e. The van der Waals surface area contributed by atoms with Crippen molar-refractivity contribution >= 4 is 22.5 Å². The second kappa shape index (κ2) is 7.65. The van der Waals surface area contributed by atoms with Gasteiger partial charge in [-0.05, 0) is 37.5 Å². The number of H-pyrrole nitrogens is 1. The molecule has 0 unspecified atom stereocenters. The van der Waals surface area contributed by atoms with Gasteiger partial charge in [0, 0.05) is 47.9 Å². The van der Waals surface area contributed by atoms with Gasteiger partial charge in [0.15, 0.2) is 5.65 Å². The van der Waals surface area contributed by atoms with Crippen LogP contribution in [0.2, 0.25) is 0 Å². The summed E-state index contributed by atoms with van der Waals surface area (Å²) < 4.78 is 41.8. The Bertz CT molecular complexity index is 1310. The standard InChI is InChI=1S/C23H22F3N5O/c1-14-9-21-28-19(11-20(23(24,25)26)31(21)29-14)15-5-4-8-30(13-15)22(32)10-16-12-27-18-7-3-2-6-17(16)18/h2-3,6-7,9,11-12,15,27H,4-5,8,10,13H2,1H3/t15-/m0/s1. The van der Waals surface area contributed by atoms with Gasteiger partial charge in [-0.3, -0.25) is 4.79 Å². The Kier molecular flexibility index (Phi) is 4.91. The molecule has 4 aromatic rings. The number of para-hydroxylation sites is 1. The van der Waals surface area contributed by atoms with Gasteiger partial charge in [-0.2, -0.15) is 18.3 Å². The van der Waals surface area contributed by atoms with Gasteiger partial charge in [0.2, 0.25) is 5.91 Å². The molecule has 0 bridgehead atoms. The summed E-state index contributed by atoms with van der Waals surface area (Å²) in [6, 6.07) is 10.4. The number of piperidine rings is 1. The zero-order valence-corrected chi connectivity index (χ0v) is 17.5. The van der Waals surface area contributed by atoms with Crippen LogP contribution >= 0.6 is 0 Å². The van der Waals surface area contributed by atoms with Crippen LogP contribution in [0.3, 0.4) is 0 Å². The van der Waals surface area contributed by atoms with Crippen LogP contribution in [-0.2, 0) is 17.4 Å². The van der Waals surface area contributed by atoms with Crippen LogP contribution < -0.4 is 0 Å². The molecule has 0 spiro atoms. The van der Waals surface area contributed by atoms with Gasteiger partial charge in [0.25, 0.3) is 0 Å². The molecule has 0 saturated carbocycles. The first kappa shape index (κ1) is 20.5. The topological polar surface area (TPSA) is 66.3 Å². The number of likely N-dealkylation sites (tertiary alicyclic amines) is 1. The fourth-order valence-corrected chi connectivity index (χ4v) is 4.52. The molecule has 6 nitrogen and oxygen atoms in total. The van der Waals surface area contributed by atoms with E-state index in [0.29, 0.717) is 30.9 Å². The summed E-state index contributed by atoms with van der Waals surface area (Å²) in [6.07, 6.45) is -1.05. The Balaban J connectivity index is 1.40. The third-order valence-electron chi connectivity index (χ3n) is 6.07. The summed E-state index contributed by atoms with van der Waals surface area (Å²) in [5, 5.41) is 4.95. The number of rotatable bonds is 3. The number of aromatic amines is 1. The lowest BCUT2D eigenvalue weighted by atomic mass is 9.93. The van der Waals surface area contributed by atoms with Gasteiger partial charge in [-0.1, -0.05) is 18.2 Å². The predicted octanol–water partition coefficient (Wildman–Crippen LogP) is 4.49. The molecule has 9 heteroatoms. The van der Waals surface area contributed by atoms with E-state index in [1.54, 1.807) is 17.9 Å². The van der Waals surface area contributed by atoms with E-state index in [9.17, 15) is 18.0 Å². The Labute approximate surface area is 182 Å². The monoisotopic (exact) mass is 441 g/mol. The predicted molar refractivity (Wildman–Crippen MR) is 113 cm³/mol. The van der Waals surface area contributed by atoms with Crippen LogP contribution in [0.15, 0.2) is 42.6 Å². The van der Waals surface area contributed by atoms with Gasteiger partial charge in [-0.15, -0.1) is 0 Å². The summed E-state index contributed by atoms with van der Waals surface area (Å²) in [7, 11) is 0.